The molecule has 0 spiro atoms. The third-order valence-electron chi connectivity index (χ3n) is 3.22. The first-order valence-corrected chi connectivity index (χ1v) is 7.96. The molecule has 2 rings (SSSR count). The van der Waals surface area contributed by atoms with E-state index in [-0.39, 0.29) is 29.4 Å². The Hall–Kier alpha value is -2.09. The van der Waals surface area contributed by atoms with E-state index in [0.717, 1.165) is 0 Å². The maximum absolute atomic E-state index is 11.5. The van der Waals surface area contributed by atoms with Gasteiger partial charge in [0.1, 0.15) is 16.7 Å². The van der Waals surface area contributed by atoms with Crippen molar-refractivity contribution in [2.24, 2.45) is 0 Å². The quantitative estimate of drug-likeness (QED) is 0.497. The fourth-order valence-corrected chi connectivity index (χ4v) is 2.87. The van der Waals surface area contributed by atoms with Crippen LogP contribution in [0.3, 0.4) is 0 Å². The van der Waals surface area contributed by atoms with Crippen LogP contribution in [0.1, 0.15) is 17.3 Å². The molecule has 0 aliphatic rings. The number of hydrogen-bond acceptors (Lipinski definition) is 5. The third kappa shape index (κ3) is 3.38. The van der Waals surface area contributed by atoms with Crippen molar-refractivity contribution in [3.05, 3.63) is 48.2 Å². The second kappa shape index (κ2) is 6.35. The summed E-state index contributed by atoms with van der Waals surface area (Å²) in [7, 11) is -4.66. The van der Waals surface area contributed by atoms with Crippen LogP contribution in [-0.4, -0.2) is 30.5 Å². The van der Waals surface area contributed by atoms with Crippen molar-refractivity contribution in [3.8, 4) is 11.3 Å². The van der Waals surface area contributed by atoms with Gasteiger partial charge < -0.3 is 9.66 Å². The first-order valence-electron chi connectivity index (χ1n) is 6.55. The topological polar surface area (TPSA) is 98.4 Å². The van der Waals surface area contributed by atoms with E-state index < -0.39 is 10.1 Å². The van der Waals surface area contributed by atoms with E-state index in [0.29, 0.717) is 11.3 Å². The molecule has 7 heteroatoms. The molecule has 0 unspecified atom stereocenters. The van der Waals surface area contributed by atoms with Crippen LogP contribution < -0.4 is 4.57 Å². The Kier molecular flexibility index (Phi) is 4.70. The van der Waals surface area contributed by atoms with Crippen molar-refractivity contribution in [1.82, 2.24) is 0 Å². The minimum absolute atomic E-state index is 0.163. The van der Waals surface area contributed by atoms with E-state index in [1.807, 2.05) is 0 Å². The first-order chi connectivity index (χ1) is 10.3. The van der Waals surface area contributed by atoms with Crippen LogP contribution in [0.25, 0.3) is 11.3 Å². The van der Waals surface area contributed by atoms with Gasteiger partial charge in [-0.05, 0) is 19.1 Å². The van der Waals surface area contributed by atoms with Crippen LogP contribution >= 0.6 is 0 Å². The second-order valence-electron chi connectivity index (χ2n) is 4.72. The van der Waals surface area contributed by atoms with Crippen molar-refractivity contribution in [3.63, 3.8) is 0 Å². The molecule has 0 amide bonds. The minimum Gasteiger partial charge on any atom is -0.744 e. The van der Waals surface area contributed by atoms with Crippen molar-refractivity contribution in [2.75, 3.05) is 6.61 Å². The highest BCUT2D eigenvalue weighted by atomic mass is 32.2. The van der Waals surface area contributed by atoms with Crippen LogP contribution in [0, 0.1) is 0 Å². The first kappa shape index (κ1) is 16.3. The molecular weight excluding hydrogens is 306 g/mol. The molecule has 116 valence electrons. The molecule has 0 saturated carbocycles. The summed E-state index contributed by atoms with van der Waals surface area (Å²) in [5.41, 5.74) is 0.980. The monoisotopic (exact) mass is 321 g/mol. The van der Waals surface area contributed by atoms with Crippen LogP contribution in [-0.2, 0) is 16.7 Å². The van der Waals surface area contributed by atoms with Crippen LogP contribution in [0.2, 0.25) is 0 Å². The maximum atomic E-state index is 11.5. The average molecular weight is 321 g/mol. The van der Waals surface area contributed by atoms with Gasteiger partial charge in [-0.25, -0.2) is 8.42 Å². The average Bonchev–Trinajstić information content (AvgIpc) is 2.47. The van der Waals surface area contributed by atoms with Gasteiger partial charge in [-0.15, -0.1) is 0 Å². The fraction of sp³-hybridized carbons (Fsp3) is 0.200. The van der Waals surface area contributed by atoms with E-state index in [1.165, 1.54) is 31.2 Å². The molecule has 0 bridgehead atoms. The van der Waals surface area contributed by atoms with Gasteiger partial charge in [-0.2, -0.15) is 4.57 Å². The van der Waals surface area contributed by atoms with Crippen LogP contribution in [0.15, 0.2) is 47.5 Å². The van der Waals surface area contributed by atoms with Gasteiger partial charge in [0, 0.05) is 17.7 Å². The molecule has 0 radical (unpaired) electrons. The van der Waals surface area contributed by atoms with Crippen molar-refractivity contribution in [1.29, 1.82) is 0 Å². The predicted molar refractivity (Wildman–Crippen MR) is 77.1 cm³/mol. The zero-order valence-corrected chi connectivity index (χ0v) is 12.7. The summed E-state index contributed by atoms with van der Waals surface area (Å²) in [6.07, 6.45) is 1.58. The number of Topliss-reactive ketones (excluding diaryl/α,β-unsaturated/α-hetero) is 1. The summed E-state index contributed by atoms with van der Waals surface area (Å²) >= 11 is 0. The Balaban J connectivity index is 2.75. The molecule has 0 aliphatic heterocycles. The Morgan fingerprint density at radius 3 is 2.55 bits per heavy atom. The molecule has 0 fully saturated rings. The zero-order valence-electron chi connectivity index (χ0n) is 11.9. The summed E-state index contributed by atoms with van der Waals surface area (Å²) in [6.45, 7) is 1.44. The summed E-state index contributed by atoms with van der Waals surface area (Å²) < 4.78 is 35.9. The highest BCUT2D eigenvalue weighted by molar-refractivity contribution is 7.85. The molecule has 0 atom stereocenters. The molecule has 1 N–H and O–H groups in total. The van der Waals surface area contributed by atoms with E-state index in [4.69, 9.17) is 5.11 Å². The van der Waals surface area contributed by atoms with E-state index >= 15 is 0 Å². The number of benzene rings is 1. The fourth-order valence-electron chi connectivity index (χ4n) is 2.18. The molecule has 6 nitrogen and oxygen atoms in total. The highest BCUT2D eigenvalue weighted by Gasteiger charge is 2.20. The van der Waals surface area contributed by atoms with E-state index in [9.17, 15) is 17.8 Å². The number of nitrogens with zero attached hydrogens (tertiary/aromatic N) is 1. The van der Waals surface area contributed by atoms with Gasteiger partial charge in [0.05, 0.1) is 10.5 Å². The summed E-state index contributed by atoms with van der Waals surface area (Å²) in [6, 6.07) is 8.88. The van der Waals surface area contributed by atoms with Gasteiger partial charge >= 0.3 is 0 Å². The Labute approximate surface area is 128 Å². The molecule has 22 heavy (non-hydrogen) atoms. The predicted octanol–water partition coefficient (Wildman–Crippen LogP) is 0.740. The number of ketones is 1. The number of hydrogen-bond donors (Lipinski definition) is 1. The summed E-state index contributed by atoms with van der Waals surface area (Å²) in [5, 5.41) is 9.13. The van der Waals surface area contributed by atoms with Crippen LogP contribution in [0.5, 0.6) is 0 Å². The van der Waals surface area contributed by atoms with Gasteiger partial charge in [-0.1, -0.05) is 12.1 Å². The normalized spacial score (nSPS) is 11.4. The minimum atomic E-state index is -4.66. The molecule has 0 saturated heterocycles. The largest absolute Gasteiger partial charge is 0.744 e. The highest BCUT2D eigenvalue weighted by Crippen LogP contribution is 2.25. The van der Waals surface area contributed by atoms with E-state index in [2.05, 4.69) is 0 Å². The lowest BCUT2D eigenvalue weighted by atomic mass is 10.1. The SMILES string of the molecule is CC(=O)c1cc[n+](CCO)c(-c2ccccc2S(=O)(=O)[O-])c1. The van der Waals surface area contributed by atoms with Crippen molar-refractivity contribution >= 4 is 15.9 Å². The number of aromatic nitrogens is 1. The molecule has 2 aromatic rings. The number of carbonyl (C=O) groups is 1. The number of carbonyl (C=O) groups excluding carboxylic acids is 1. The van der Waals surface area contributed by atoms with Gasteiger partial charge in [0.2, 0.25) is 5.69 Å². The number of aliphatic hydroxyl groups excluding tert-OH is 1. The van der Waals surface area contributed by atoms with Gasteiger partial charge in [-0.3, -0.25) is 4.79 Å². The molecule has 1 aromatic carbocycles. The van der Waals surface area contributed by atoms with E-state index in [1.54, 1.807) is 22.9 Å². The third-order valence-corrected chi connectivity index (χ3v) is 4.11. The number of pyridine rings is 1. The second-order valence-corrected chi connectivity index (χ2v) is 6.07. The Morgan fingerprint density at radius 2 is 1.95 bits per heavy atom. The van der Waals surface area contributed by atoms with Gasteiger partial charge in [0.25, 0.3) is 0 Å². The number of rotatable bonds is 5. The van der Waals surface area contributed by atoms with Crippen molar-refractivity contribution in [2.45, 2.75) is 18.4 Å². The molecular formula is C15H15NO5S. The smallest absolute Gasteiger partial charge is 0.214 e. The lowest BCUT2D eigenvalue weighted by molar-refractivity contribution is -0.687. The standard InChI is InChI=1S/C15H15NO5S/c1-11(18)12-6-7-16(8-9-17)14(10-12)13-4-2-3-5-15(13)22(19,20)21/h2-7,10,17H,8-9H2,1H3. The van der Waals surface area contributed by atoms with Gasteiger partial charge in [0.15, 0.2) is 18.5 Å². The summed E-state index contributed by atoms with van der Waals surface area (Å²) in [5.74, 6) is -0.181. The zero-order chi connectivity index (χ0) is 16.3. The Bertz CT molecular complexity index is 814. The molecule has 0 aliphatic carbocycles. The Morgan fingerprint density at radius 1 is 1.27 bits per heavy atom. The summed E-state index contributed by atoms with van der Waals surface area (Å²) in [4.78, 5) is 11.2. The lowest BCUT2D eigenvalue weighted by Gasteiger charge is -2.12. The van der Waals surface area contributed by atoms with Crippen molar-refractivity contribution < 1.29 is 27.4 Å². The molecule has 1 aromatic heterocycles. The van der Waals surface area contributed by atoms with Crippen LogP contribution in [0.4, 0.5) is 0 Å². The number of aliphatic hydroxyl groups is 1. The maximum Gasteiger partial charge on any atom is 0.214 e. The molecule has 1 heterocycles. The lowest BCUT2D eigenvalue weighted by Crippen LogP contribution is -2.38.